The maximum absolute atomic E-state index is 8.89. The van der Waals surface area contributed by atoms with Gasteiger partial charge in [-0.1, -0.05) is 18.2 Å². The SMILES string of the molecule is Cc1sc2ncn3nc(-c4cccc(COc5ccc(C#N)cc5)c4)nc3c2c1C. The van der Waals surface area contributed by atoms with Crippen LogP contribution in [0.1, 0.15) is 21.6 Å². The lowest BCUT2D eigenvalue weighted by Gasteiger charge is -2.07. The molecule has 0 aliphatic heterocycles. The molecule has 7 heteroatoms. The van der Waals surface area contributed by atoms with Crippen LogP contribution in [0.15, 0.2) is 54.9 Å². The molecule has 0 bridgehead atoms. The van der Waals surface area contributed by atoms with Gasteiger partial charge in [0.25, 0.3) is 0 Å². The normalized spacial score (nSPS) is 11.1. The number of benzene rings is 2. The Kier molecular flexibility index (Phi) is 4.42. The van der Waals surface area contributed by atoms with E-state index in [1.165, 1.54) is 10.4 Å². The molecule has 2 aromatic carbocycles. The van der Waals surface area contributed by atoms with Crippen molar-refractivity contribution in [1.82, 2.24) is 19.6 Å². The van der Waals surface area contributed by atoms with Gasteiger partial charge in [-0.25, -0.2) is 14.5 Å². The van der Waals surface area contributed by atoms with Gasteiger partial charge in [0, 0.05) is 10.4 Å². The van der Waals surface area contributed by atoms with E-state index < -0.39 is 0 Å². The molecule has 0 unspecified atom stereocenters. The smallest absolute Gasteiger partial charge is 0.182 e. The van der Waals surface area contributed by atoms with Crippen LogP contribution in [0.25, 0.3) is 27.3 Å². The van der Waals surface area contributed by atoms with Gasteiger partial charge in [0.1, 0.15) is 23.5 Å². The fourth-order valence-corrected chi connectivity index (χ4v) is 4.35. The van der Waals surface area contributed by atoms with E-state index in [2.05, 4.69) is 30.0 Å². The highest BCUT2D eigenvalue weighted by molar-refractivity contribution is 7.18. The molecule has 0 amide bonds. The van der Waals surface area contributed by atoms with Crippen LogP contribution in [-0.4, -0.2) is 19.6 Å². The lowest BCUT2D eigenvalue weighted by molar-refractivity contribution is 0.306. The number of nitriles is 1. The Labute approximate surface area is 177 Å². The van der Waals surface area contributed by atoms with Crippen molar-refractivity contribution < 1.29 is 4.74 Å². The Morgan fingerprint density at radius 3 is 2.77 bits per heavy atom. The number of aryl methyl sites for hydroxylation is 2. The largest absolute Gasteiger partial charge is 0.489 e. The molecule has 6 nitrogen and oxygen atoms in total. The van der Waals surface area contributed by atoms with Gasteiger partial charge in [-0.3, -0.25) is 0 Å². The predicted octanol–water partition coefficient (Wildman–Crippen LogP) is 5.07. The zero-order valence-electron chi connectivity index (χ0n) is 16.5. The van der Waals surface area contributed by atoms with Gasteiger partial charge < -0.3 is 4.74 Å². The second-order valence-electron chi connectivity index (χ2n) is 7.04. The maximum Gasteiger partial charge on any atom is 0.182 e. The molecule has 5 aromatic rings. The molecule has 5 rings (SSSR count). The van der Waals surface area contributed by atoms with Crippen LogP contribution in [0, 0.1) is 25.2 Å². The standard InChI is InChI=1S/C23H17N5OS/c1-14-15(2)30-23-20(14)22-26-21(27-28(22)13-25-23)18-5-3-4-17(10-18)12-29-19-8-6-16(11-24)7-9-19/h3-10,13H,12H2,1-2H3. The van der Waals surface area contributed by atoms with Gasteiger partial charge in [0.15, 0.2) is 11.5 Å². The fraction of sp³-hybridized carbons (Fsp3) is 0.130. The second kappa shape index (κ2) is 7.25. The van der Waals surface area contributed by atoms with Gasteiger partial charge >= 0.3 is 0 Å². The van der Waals surface area contributed by atoms with E-state index >= 15 is 0 Å². The first-order chi connectivity index (χ1) is 14.6. The molecule has 0 saturated carbocycles. The number of rotatable bonds is 4. The first kappa shape index (κ1) is 18.3. The van der Waals surface area contributed by atoms with E-state index in [9.17, 15) is 0 Å². The van der Waals surface area contributed by atoms with Crippen molar-refractivity contribution in [2.75, 3.05) is 0 Å². The van der Waals surface area contributed by atoms with Crippen molar-refractivity contribution in [3.8, 4) is 23.2 Å². The molecule has 0 radical (unpaired) electrons. The maximum atomic E-state index is 8.89. The molecular weight excluding hydrogens is 394 g/mol. The summed E-state index contributed by atoms with van der Waals surface area (Å²) in [5.74, 6) is 1.38. The van der Waals surface area contributed by atoms with Crippen molar-refractivity contribution in [2.45, 2.75) is 20.5 Å². The number of nitrogens with zero attached hydrogens (tertiary/aromatic N) is 5. The van der Waals surface area contributed by atoms with Crippen molar-refractivity contribution in [3.63, 3.8) is 0 Å². The highest BCUT2D eigenvalue weighted by Crippen LogP contribution is 2.31. The van der Waals surface area contributed by atoms with Gasteiger partial charge in [0.05, 0.1) is 17.0 Å². The summed E-state index contributed by atoms with van der Waals surface area (Å²) in [6.45, 7) is 4.62. The number of ether oxygens (including phenoxy) is 1. The third kappa shape index (κ3) is 3.17. The Morgan fingerprint density at radius 2 is 1.97 bits per heavy atom. The minimum Gasteiger partial charge on any atom is -0.489 e. The topological polar surface area (TPSA) is 76.1 Å². The summed E-state index contributed by atoms with van der Waals surface area (Å²) in [6.07, 6.45) is 1.72. The third-order valence-electron chi connectivity index (χ3n) is 5.08. The van der Waals surface area contributed by atoms with Gasteiger partial charge in [-0.15, -0.1) is 16.4 Å². The van der Waals surface area contributed by atoms with Crippen LogP contribution < -0.4 is 4.74 Å². The van der Waals surface area contributed by atoms with Gasteiger partial charge in [0.2, 0.25) is 0 Å². The number of hydrogen-bond donors (Lipinski definition) is 0. The first-order valence-electron chi connectivity index (χ1n) is 9.46. The highest BCUT2D eigenvalue weighted by atomic mass is 32.1. The monoisotopic (exact) mass is 411 g/mol. The number of fused-ring (bicyclic) bond motifs is 3. The van der Waals surface area contributed by atoms with E-state index in [4.69, 9.17) is 15.0 Å². The molecule has 3 aromatic heterocycles. The molecule has 0 fully saturated rings. The number of hydrogen-bond acceptors (Lipinski definition) is 6. The Balaban J connectivity index is 1.45. The van der Waals surface area contributed by atoms with Gasteiger partial charge in [-0.2, -0.15) is 5.26 Å². The van der Waals surface area contributed by atoms with Crippen LogP contribution in [-0.2, 0) is 6.61 Å². The minimum atomic E-state index is 0.418. The minimum absolute atomic E-state index is 0.418. The zero-order valence-corrected chi connectivity index (χ0v) is 17.3. The molecule has 30 heavy (non-hydrogen) atoms. The molecule has 0 aliphatic carbocycles. The molecule has 3 heterocycles. The average molecular weight is 411 g/mol. The average Bonchev–Trinajstić information content (AvgIpc) is 3.33. The van der Waals surface area contributed by atoms with E-state index in [0.717, 1.165) is 32.7 Å². The lowest BCUT2D eigenvalue weighted by atomic mass is 10.1. The van der Waals surface area contributed by atoms with Crippen molar-refractivity contribution in [3.05, 3.63) is 76.4 Å². The van der Waals surface area contributed by atoms with Crippen LogP contribution >= 0.6 is 11.3 Å². The molecule has 0 aliphatic rings. The summed E-state index contributed by atoms with van der Waals surface area (Å²) in [7, 11) is 0. The van der Waals surface area contributed by atoms with Crippen LogP contribution in [0.5, 0.6) is 5.75 Å². The molecule has 146 valence electrons. The second-order valence-corrected chi connectivity index (χ2v) is 8.24. The predicted molar refractivity (Wildman–Crippen MR) is 117 cm³/mol. The number of thiophene rings is 1. The molecule has 0 saturated heterocycles. The van der Waals surface area contributed by atoms with E-state index in [1.807, 2.05) is 24.3 Å². The summed E-state index contributed by atoms with van der Waals surface area (Å²) in [4.78, 5) is 11.6. The summed E-state index contributed by atoms with van der Waals surface area (Å²) < 4.78 is 7.60. The third-order valence-corrected chi connectivity index (χ3v) is 6.20. The first-order valence-corrected chi connectivity index (χ1v) is 10.3. The molecule has 0 N–H and O–H groups in total. The quantitative estimate of drug-likeness (QED) is 0.412. The van der Waals surface area contributed by atoms with E-state index in [-0.39, 0.29) is 0 Å². The Hall–Kier alpha value is -3.76. The van der Waals surface area contributed by atoms with Crippen molar-refractivity contribution >= 4 is 27.2 Å². The van der Waals surface area contributed by atoms with Gasteiger partial charge in [-0.05, 0) is 55.3 Å². The Morgan fingerprint density at radius 1 is 1.13 bits per heavy atom. The van der Waals surface area contributed by atoms with Crippen molar-refractivity contribution in [2.24, 2.45) is 0 Å². The highest BCUT2D eigenvalue weighted by Gasteiger charge is 2.15. The summed E-state index contributed by atoms with van der Waals surface area (Å²) in [6, 6.07) is 17.2. The van der Waals surface area contributed by atoms with Crippen molar-refractivity contribution in [1.29, 1.82) is 5.26 Å². The summed E-state index contributed by atoms with van der Waals surface area (Å²) in [5, 5.41) is 14.6. The van der Waals surface area contributed by atoms with E-state index in [0.29, 0.717) is 18.0 Å². The van der Waals surface area contributed by atoms with Crippen LogP contribution in [0.3, 0.4) is 0 Å². The molecular formula is C23H17N5OS. The zero-order chi connectivity index (χ0) is 20.7. The summed E-state index contributed by atoms with van der Waals surface area (Å²) in [5.41, 5.74) is 4.59. The van der Waals surface area contributed by atoms with Crippen LogP contribution in [0.2, 0.25) is 0 Å². The van der Waals surface area contributed by atoms with Crippen LogP contribution in [0.4, 0.5) is 0 Å². The fourth-order valence-electron chi connectivity index (χ4n) is 3.36. The molecule has 0 atom stereocenters. The lowest BCUT2D eigenvalue weighted by Crippen LogP contribution is -1.96. The van der Waals surface area contributed by atoms with E-state index in [1.54, 1.807) is 46.4 Å². The molecule has 0 spiro atoms. The summed E-state index contributed by atoms with van der Waals surface area (Å²) >= 11 is 1.68. The Bertz CT molecular complexity index is 1430. The number of aromatic nitrogens is 4.